The lowest BCUT2D eigenvalue weighted by molar-refractivity contribution is 0.761. The van der Waals surface area contributed by atoms with Crippen LogP contribution in [0.3, 0.4) is 0 Å². The number of hydrogen-bond donors (Lipinski definition) is 1. The van der Waals surface area contributed by atoms with Crippen LogP contribution in [0.2, 0.25) is 0 Å². The number of halogens is 1. The van der Waals surface area contributed by atoms with E-state index in [1.54, 1.807) is 0 Å². The molecule has 1 nitrogen and oxygen atoms in total. The monoisotopic (exact) mass is 121 g/mol. The maximum absolute atomic E-state index is 5.32. The van der Waals surface area contributed by atoms with Gasteiger partial charge in [-0.15, -0.1) is 12.4 Å². The molecule has 1 aliphatic carbocycles. The summed E-state index contributed by atoms with van der Waals surface area (Å²) in [6.45, 7) is 3.15. The molecule has 0 radical (unpaired) electrons. The van der Waals surface area contributed by atoms with Crippen LogP contribution >= 0.6 is 12.4 Å². The van der Waals surface area contributed by atoms with Crippen molar-refractivity contribution in [2.75, 3.05) is 6.54 Å². The summed E-state index contributed by atoms with van der Waals surface area (Å²) in [5.41, 5.74) is 5.32. The lowest BCUT2D eigenvalue weighted by atomic mass is 10.3. The van der Waals surface area contributed by atoms with Crippen molar-refractivity contribution in [2.24, 2.45) is 17.6 Å². The molecule has 0 unspecified atom stereocenters. The summed E-state index contributed by atoms with van der Waals surface area (Å²) in [7, 11) is 0. The molecular formula is C5H12ClN. The third-order valence-electron chi connectivity index (χ3n) is 1.58. The number of nitrogens with two attached hydrogens (primary N) is 1. The van der Waals surface area contributed by atoms with E-state index in [1.165, 1.54) is 6.42 Å². The van der Waals surface area contributed by atoms with Gasteiger partial charge in [0.15, 0.2) is 0 Å². The number of rotatable bonds is 1. The van der Waals surface area contributed by atoms with Gasteiger partial charge in [0, 0.05) is 0 Å². The molecule has 0 spiro atoms. The van der Waals surface area contributed by atoms with Crippen molar-refractivity contribution >= 4 is 12.4 Å². The van der Waals surface area contributed by atoms with Gasteiger partial charge in [0.2, 0.25) is 0 Å². The smallest absolute Gasteiger partial charge is 0.00462 e. The zero-order valence-electron chi connectivity index (χ0n) is 4.55. The van der Waals surface area contributed by atoms with E-state index in [9.17, 15) is 0 Å². The molecule has 2 N–H and O–H groups in total. The van der Waals surface area contributed by atoms with E-state index in [2.05, 4.69) is 6.92 Å². The van der Waals surface area contributed by atoms with Crippen LogP contribution in [0.5, 0.6) is 0 Å². The molecule has 2 atom stereocenters. The first-order valence-corrected chi connectivity index (χ1v) is 2.54. The zero-order valence-corrected chi connectivity index (χ0v) is 5.37. The SMILES string of the molecule is C[C@@H]1C[C@H]1CN.Cl. The summed E-state index contributed by atoms with van der Waals surface area (Å²) < 4.78 is 0. The molecule has 0 bridgehead atoms. The van der Waals surface area contributed by atoms with Gasteiger partial charge in [-0.05, 0) is 24.8 Å². The predicted molar refractivity (Wildman–Crippen MR) is 33.6 cm³/mol. The van der Waals surface area contributed by atoms with Gasteiger partial charge in [-0.1, -0.05) is 6.92 Å². The third-order valence-corrected chi connectivity index (χ3v) is 1.58. The molecule has 0 amide bonds. The summed E-state index contributed by atoms with van der Waals surface area (Å²) in [6, 6.07) is 0. The molecule has 0 aromatic rings. The van der Waals surface area contributed by atoms with Crippen molar-refractivity contribution < 1.29 is 0 Å². The van der Waals surface area contributed by atoms with Crippen molar-refractivity contribution in [3.8, 4) is 0 Å². The Bertz CT molecular complexity index is 54.0. The molecule has 0 heterocycles. The van der Waals surface area contributed by atoms with E-state index in [4.69, 9.17) is 5.73 Å². The van der Waals surface area contributed by atoms with Crippen molar-refractivity contribution in [1.29, 1.82) is 0 Å². The Balaban J connectivity index is 0.000000360. The minimum atomic E-state index is 0. The van der Waals surface area contributed by atoms with Crippen LogP contribution in [0.1, 0.15) is 13.3 Å². The van der Waals surface area contributed by atoms with Gasteiger partial charge in [0.05, 0.1) is 0 Å². The first kappa shape index (κ1) is 7.25. The van der Waals surface area contributed by atoms with Gasteiger partial charge in [-0.2, -0.15) is 0 Å². The van der Waals surface area contributed by atoms with Crippen LogP contribution in [-0.2, 0) is 0 Å². The van der Waals surface area contributed by atoms with E-state index in [0.29, 0.717) is 0 Å². The molecule has 0 aliphatic heterocycles. The van der Waals surface area contributed by atoms with Crippen molar-refractivity contribution in [2.45, 2.75) is 13.3 Å². The average Bonchev–Trinajstić information content (AvgIpc) is 2.19. The molecule has 0 aromatic heterocycles. The molecule has 0 saturated heterocycles. The Labute approximate surface area is 50.7 Å². The second-order valence-electron chi connectivity index (χ2n) is 2.21. The van der Waals surface area contributed by atoms with Crippen molar-refractivity contribution in [3.05, 3.63) is 0 Å². The molecule has 1 aliphatic rings. The lowest BCUT2D eigenvalue weighted by Crippen LogP contribution is -2.00. The normalized spacial score (nSPS) is 36.9. The van der Waals surface area contributed by atoms with E-state index in [-0.39, 0.29) is 12.4 Å². The Morgan fingerprint density at radius 2 is 2.14 bits per heavy atom. The second kappa shape index (κ2) is 2.53. The first-order valence-electron chi connectivity index (χ1n) is 2.54. The van der Waals surface area contributed by atoms with E-state index in [1.807, 2.05) is 0 Å². The lowest BCUT2D eigenvalue weighted by Gasteiger charge is -1.80. The van der Waals surface area contributed by atoms with Crippen LogP contribution in [0.4, 0.5) is 0 Å². The predicted octanol–water partition coefficient (Wildman–Crippen LogP) is 1.02. The largest absolute Gasteiger partial charge is 0.330 e. The quantitative estimate of drug-likeness (QED) is 0.551. The van der Waals surface area contributed by atoms with Crippen LogP contribution in [0.25, 0.3) is 0 Å². The fourth-order valence-corrected chi connectivity index (χ4v) is 0.728. The van der Waals surface area contributed by atoms with E-state index in [0.717, 1.165) is 18.4 Å². The summed E-state index contributed by atoms with van der Waals surface area (Å²) in [4.78, 5) is 0. The maximum Gasteiger partial charge on any atom is -0.00462 e. The average molecular weight is 122 g/mol. The highest BCUT2D eigenvalue weighted by Gasteiger charge is 2.30. The van der Waals surface area contributed by atoms with Gasteiger partial charge in [-0.3, -0.25) is 0 Å². The van der Waals surface area contributed by atoms with Crippen LogP contribution in [0, 0.1) is 11.8 Å². The van der Waals surface area contributed by atoms with Crippen LogP contribution in [-0.4, -0.2) is 6.54 Å². The Hall–Kier alpha value is 0.250. The molecule has 0 aromatic carbocycles. The summed E-state index contributed by atoms with van der Waals surface area (Å²) in [5, 5.41) is 0. The highest BCUT2D eigenvalue weighted by atomic mass is 35.5. The molecule has 1 saturated carbocycles. The first-order chi connectivity index (χ1) is 2.84. The minimum Gasteiger partial charge on any atom is -0.330 e. The summed E-state index contributed by atoms with van der Waals surface area (Å²) in [6.07, 6.45) is 1.37. The highest BCUT2D eigenvalue weighted by Crippen LogP contribution is 2.35. The Kier molecular flexibility index (Phi) is 2.62. The van der Waals surface area contributed by atoms with Gasteiger partial charge in [-0.25, -0.2) is 0 Å². The topological polar surface area (TPSA) is 26.0 Å². The molecule has 2 heteroatoms. The van der Waals surface area contributed by atoms with Gasteiger partial charge in [0.1, 0.15) is 0 Å². The standard InChI is InChI=1S/C5H11N.ClH/c1-4-2-5(4)3-6;/h4-5H,2-3,6H2,1H3;1H/t4-,5+;/m1./s1. The van der Waals surface area contributed by atoms with Gasteiger partial charge < -0.3 is 5.73 Å². The Morgan fingerprint density at radius 1 is 1.71 bits per heavy atom. The maximum atomic E-state index is 5.32. The highest BCUT2D eigenvalue weighted by molar-refractivity contribution is 5.85. The second-order valence-corrected chi connectivity index (χ2v) is 2.21. The zero-order chi connectivity index (χ0) is 4.57. The molecule has 1 rings (SSSR count). The minimum absolute atomic E-state index is 0. The van der Waals surface area contributed by atoms with E-state index < -0.39 is 0 Å². The molecule has 44 valence electrons. The molecular weight excluding hydrogens is 110 g/mol. The van der Waals surface area contributed by atoms with Gasteiger partial charge in [0.25, 0.3) is 0 Å². The summed E-state index contributed by atoms with van der Waals surface area (Å²) >= 11 is 0. The van der Waals surface area contributed by atoms with Crippen LogP contribution < -0.4 is 5.73 Å². The van der Waals surface area contributed by atoms with Crippen molar-refractivity contribution in [1.82, 2.24) is 0 Å². The Morgan fingerprint density at radius 3 is 2.14 bits per heavy atom. The third kappa shape index (κ3) is 1.66. The summed E-state index contributed by atoms with van der Waals surface area (Å²) in [5.74, 6) is 1.82. The van der Waals surface area contributed by atoms with Gasteiger partial charge >= 0.3 is 0 Å². The molecule has 7 heavy (non-hydrogen) atoms. The van der Waals surface area contributed by atoms with Crippen molar-refractivity contribution in [3.63, 3.8) is 0 Å². The fourth-order valence-electron chi connectivity index (χ4n) is 0.728. The number of hydrogen-bond acceptors (Lipinski definition) is 1. The fraction of sp³-hybridized carbons (Fsp3) is 1.00. The molecule has 1 fully saturated rings. The van der Waals surface area contributed by atoms with Crippen LogP contribution in [0.15, 0.2) is 0 Å². The van der Waals surface area contributed by atoms with E-state index >= 15 is 0 Å².